The van der Waals surface area contributed by atoms with E-state index < -0.39 is 12.8 Å². The number of benzene rings is 1. The predicted octanol–water partition coefficient (Wildman–Crippen LogP) is 3.26. The van der Waals surface area contributed by atoms with E-state index in [1.54, 1.807) is 13.1 Å². The Bertz CT molecular complexity index is 632. The average molecular weight is 400 g/mol. The van der Waals surface area contributed by atoms with Crippen molar-refractivity contribution in [3.63, 3.8) is 0 Å². The molecule has 8 heteroatoms. The largest absolute Gasteiger partial charge is 0.411 e. The summed E-state index contributed by atoms with van der Waals surface area (Å²) in [6.45, 7) is 7.65. The van der Waals surface area contributed by atoms with E-state index >= 15 is 0 Å². The zero-order valence-electron chi connectivity index (χ0n) is 16.9. The Balaban J connectivity index is 1.86. The van der Waals surface area contributed by atoms with E-state index in [0.29, 0.717) is 12.6 Å². The van der Waals surface area contributed by atoms with Gasteiger partial charge in [-0.25, -0.2) is 0 Å². The minimum atomic E-state index is -4.30. The molecule has 0 amide bonds. The highest BCUT2D eigenvalue weighted by atomic mass is 19.4. The number of hydrogen-bond acceptors (Lipinski definition) is 3. The van der Waals surface area contributed by atoms with Crippen molar-refractivity contribution in [3.8, 4) is 0 Å². The maximum Gasteiger partial charge on any atom is 0.411 e. The number of guanidine groups is 1. The van der Waals surface area contributed by atoms with Gasteiger partial charge in [-0.05, 0) is 30.6 Å². The first-order chi connectivity index (χ1) is 13.4. The highest BCUT2D eigenvalue weighted by molar-refractivity contribution is 5.80. The molecular weight excluding hydrogens is 369 g/mol. The van der Waals surface area contributed by atoms with Gasteiger partial charge in [0.05, 0.1) is 6.61 Å². The Labute approximate surface area is 165 Å². The highest BCUT2D eigenvalue weighted by Gasteiger charge is 2.28. The van der Waals surface area contributed by atoms with Crippen LogP contribution in [-0.2, 0) is 17.9 Å². The smallest absolute Gasteiger partial charge is 0.367 e. The van der Waals surface area contributed by atoms with Gasteiger partial charge in [-0.15, -0.1) is 0 Å². The predicted molar refractivity (Wildman–Crippen MR) is 105 cm³/mol. The molecule has 1 aliphatic heterocycles. The van der Waals surface area contributed by atoms with E-state index in [1.165, 1.54) is 0 Å². The SMILES string of the molecule is CCN(CC)C1CCN(C(=NC)NCc2cccc(COCC(F)(F)F)c2)C1. The molecule has 1 atom stereocenters. The molecule has 0 radical (unpaired) electrons. The van der Waals surface area contributed by atoms with Crippen LogP contribution >= 0.6 is 0 Å². The molecule has 1 unspecified atom stereocenters. The Morgan fingerprint density at radius 2 is 2.00 bits per heavy atom. The first kappa shape index (κ1) is 22.5. The molecule has 1 saturated heterocycles. The summed E-state index contributed by atoms with van der Waals surface area (Å²) >= 11 is 0. The molecule has 158 valence electrons. The van der Waals surface area contributed by atoms with E-state index in [0.717, 1.165) is 49.7 Å². The first-order valence-corrected chi connectivity index (χ1v) is 9.78. The van der Waals surface area contributed by atoms with Gasteiger partial charge in [0.15, 0.2) is 5.96 Å². The maximum absolute atomic E-state index is 12.2. The Morgan fingerprint density at radius 1 is 1.29 bits per heavy atom. The minimum Gasteiger partial charge on any atom is -0.367 e. The molecule has 1 aromatic rings. The van der Waals surface area contributed by atoms with Crippen LogP contribution in [0.2, 0.25) is 0 Å². The number of ether oxygens (including phenoxy) is 1. The van der Waals surface area contributed by atoms with Crippen molar-refractivity contribution in [2.45, 2.75) is 45.6 Å². The van der Waals surface area contributed by atoms with Crippen LogP contribution in [-0.4, -0.2) is 67.8 Å². The van der Waals surface area contributed by atoms with E-state index in [-0.39, 0.29) is 6.61 Å². The van der Waals surface area contributed by atoms with Crippen molar-refractivity contribution in [1.82, 2.24) is 15.1 Å². The summed E-state index contributed by atoms with van der Waals surface area (Å²) in [4.78, 5) is 9.13. The molecule has 1 aliphatic rings. The maximum atomic E-state index is 12.2. The zero-order valence-corrected chi connectivity index (χ0v) is 16.9. The van der Waals surface area contributed by atoms with Crippen LogP contribution in [0.3, 0.4) is 0 Å². The lowest BCUT2D eigenvalue weighted by Gasteiger charge is -2.27. The van der Waals surface area contributed by atoms with Gasteiger partial charge in [0.1, 0.15) is 6.61 Å². The third kappa shape index (κ3) is 6.98. The normalized spacial score (nSPS) is 18.2. The summed E-state index contributed by atoms with van der Waals surface area (Å²) in [5, 5.41) is 3.37. The Hall–Kier alpha value is -1.80. The number of likely N-dealkylation sites (tertiary alicyclic amines) is 1. The molecule has 1 heterocycles. The molecule has 1 aromatic carbocycles. The lowest BCUT2D eigenvalue weighted by molar-refractivity contribution is -0.176. The molecule has 2 rings (SSSR count). The standard InChI is InChI=1S/C20H31F3N4O/c1-4-26(5-2)18-9-10-27(13-18)19(24-3)25-12-16-7-6-8-17(11-16)14-28-15-20(21,22)23/h6-8,11,18H,4-5,9-10,12-15H2,1-3H3,(H,24,25). The summed E-state index contributed by atoms with van der Waals surface area (Å²) in [6.07, 6.45) is -3.18. The van der Waals surface area contributed by atoms with Crippen molar-refractivity contribution < 1.29 is 17.9 Å². The summed E-state index contributed by atoms with van der Waals surface area (Å²) in [5.41, 5.74) is 1.70. The number of nitrogens with one attached hydrogen (secondary N) is 1. The monoisotopic (exact) mass is 400 g/mol. The quantitative estimate of drug-likeness (QED) is 0.537. The van der Waals surface area contributed by atoms with Crippen LogP contribution in [0.1, 0.15) is 31.4 Å². The number of alkyl halides is 3. The zero-order chi connectivity index (χ0) is 20.6. The van der Waals surface area contributed by atoms with Crippen molar-refractivity contribution in [2.75, 3.05) is 39.8 Å². The average Bonchev–Trinajstić information content (AvgIpc) is 3.12. The molecule has 0 aromatic heterocycles. The summed E-state index contributed by atoms with van der Waals surface area (Å²) in [6, 6.07) is 7.94. The van der Waals surface area contributed by atoms with Gasteiger partial charge in [0, 0.05) is 32.7 Å². The highest BCUT2D eigenvalue weighted by Crippen LogP contribution is 2.17. The molecule has 0 saturated carbocycles. The van der Waals surface area contributed by atoms with Gasteiger partial charge in [0.2, 0.25) is 0 Å². The molecule has 1 fully saturated rings. The number of rotatable bonds is 8. The molecule has 5 nitrogen and oxygen atoms in total. The van der Waals surface area contributed by atoms with Gasteiger partial charge >= 0.3 is 6.18 Å². The van der Waals surface area contributed by atoms with Gasteiger partial charge in [0.25, 0.3) is 0 Å². The van der Waals surface area contributed by atoms with Crippen LogP contribution in [0.5, 0.6) is 0 Å². The molecule has 0 spiro atoms. The van der Waals surface area contributed by atoms with Crippen molar-refractivity contribution in [1.29, 1.82) is 0 Å². The number of nitrogens with zero attached hydrogens (tertiary/aromatic N) is 3. The Morgan fingerprint density at radius 3 is 2.64 bits per heavy atom. The number of halogens is 3. The van der Waals surface area contributed by atoms with E-state index in [1.807, 2.05) is 18.2 Å². The van der Waals surface area contributed by atoms with Crippen LogP contribution in [0.4, 0.5) is 13.2 Å². The second-order valence-corrected chi connectivity index (χ2v) is 6.94. The molecule has 0 bridgehead atoms. The van der Waals surface area contributed by atoms with E-state index in [9.17, 15) is 13.2 Å². The lowest BCUT2D eigenvalue weighted by Crippen LogP contribution is -2.43. The third-order valence-electron chi connectivity index (χ3n) is 4.98. The van der Waals surface area contributed by atoms with Crippen molar-refractivity contribution in [3.05, 3.63) is 35.4 Å². The third-order valence-corrected chi connectivity index (χ3v) is 4.98. The molecule has 1 N–H and O–H groups in total. The lowest BCUT2D eigenvalue weighted by atomic mass is 10.1. The van der Waals surface area contributed by atoms with Gasteiger partial charge < -0.3 is 15.0 Å². The number of aliphatic imine (C=N–C) groups is 1. The van der Waals surface area contributed by atoms with Crippen LogP contribution in [0, 0.1) is 0 Å². The topological polar surface area (TPSA) is 40.1 Å². The first-order valence-electron chi connectivity index (χ1n) is 9.78. The van der Waals surface area contributed by atoms with Crippen LogP contribution in [0.25, 0.3) is 0 Å². The second-order valence-electron chi connectivity index (χ2n) is 6.94. The minimum absolute atomic E-state index is 0.0558. The summed E-state index contributed by atoms with van der Waals surface area (Å²) in [7, 11) is 1.77. The Kier molecular flexibility index (Phi) is 8.57. The molecule has 28 heavy (non-hydrogen) atoms. The van der Waals surface area contributed by atoms with Gasteiger partial charge in [-0.3, -0.25) is 9.89 Å². The summed E-state index contributed by atoms with van der Waals surface area (Å²) in [5.74, 6) is 0.855. The fraction of sp³-hybridized carbons (Fsp3) is 0.650. The fourth-order valence-corrected chi connectivity index (χ4v) is 3.60. The molecular formula is C20H31F3N4O. The number of likely N-dealkylation sites (N-methyl/N-ethyl adjacent to an activating group) is 1. The van der Waals surface area contributed by atoms with Crippen LogP contribution in [0.15, 0.2) is 29.3 Å². The van der Waals surface area contributed by atoms with E-state index in [2.05, 4.69) is 34.0 Å². The molecule has 0 aliphatic carbocycles. The van der Waals surface area contributed by atoms with Crippen LogP contribution < -0.4 is 5.32 Å². The van der Waals surface area contributed by atoms with Gasteiger partial charge in [-0.2, -0.15) is 13.2 Å². The number of hydrogen-bond donors (Lipinski definition) is 1. The van der Waals surface area contributed by atoms with E-state index in [4.69, 9.17) is 4.74 Å². The van der Waals surface area contributed by atoms with Crippen molar-refractivity contribution in [2.24, 2.45) is 4.99 Å². The fourth-order valence-electron chi connectivity index (χ4n) is 3.60. The van der Waals surface area contributed by atoms with Gasteiger partial charge in [-0.1, -0.05) is 38.1 Å². The van der Waals surface area contributed by atoms with Crippen molar-refractivity contribution >= 4 is 5.96 Å². The second kappa shape index (κ2) is 10.7. The summed E-state index contributed by atoms with van der Waals surface area (Å²) < 4.78 is 41.3.